The van der Waals surface area contributed by atoms with E-state index < -0.39 is 5.97 Å². The number of carboxylic acid groups (broad SMARTS) is 1. The fourth-order valence-corrected chi connectivity index (χ4v) is 2.98. The SMILES string of the molecule is CN(CC1CCCO1)C(=O)c1ccc(C=CC(=O)O)s1. The van der Waals surface area contributed by atoms with Crippen LogP contribution in [0.25, 0.3) is 6.08 Å². The van der Waals surface area contributed by atoms with E-state index in [1.807, 2.05) is 0 Å². The lowest BCUT2D eigenvalue weighted by molar-refractivity contribution is -0.131. The number of aliphatic carboxylic acids is 1. The number of carbonyl (C=O) groups is 2. The van der Waals surface area contributed by atoms with E-state index in [-0.39, 0.29) is 12.0 Å². The van der Waals surface area contributed by atoms with Gasteiger partial charge in [0.2, 0.25) is 0 Å². The molecule has 1 unspecified atom stereocenters. The van der Waals surface area contributed by atoms with E-state index in [2.05, 4.69) is 0 Å². The minimum absolute atomic E-state index is 0.0551. The fraction of sp³-hybridized carbons (Fsp3) is 0.429. The summed E-state index contributed by atoms with van der Waals surface area (Å²) in [5, 5.41) is 8.57. The highest BCUT2D eigenvalue weighted by atomic mass is 32.1. The zero-order valence-corrected chi connectivity index (χ0v) is 12.1. The van der Waals surface area contributed by atoms with Gasteiger partial charge in [0, 0.05) is 31.2 Å². The molecule has 1 atom stereocenters. The normalized spacial score (nSPS) is 18.6. The molecule has 1 aliphatic heterocycles. The van der Waals surface area contributed by atoms with E-state index in [0.717, 1.165) is 30.4 Å². The third-order valence-electron chi connectivity index (χ3n) is 3.08. The van der Waals surface area contributed by atoms with Gasteiger partial charge in [-0.1, -0.05) is 0 Å². The number of likely N-dealkylation sites (N-methyl/N-ethyl adjacent to an activating group) is 1. The highest BCUT2D eigenvalue weighted by molar-refractivity contribution is 7.14. The Morgan fingerprint density at radius 3 is 3.00 bits per heavy atom. The molecule has 0 saturated carbocycles. The molecule has 5 nitrogen and oxygen atoms in total. The van der Waals surface area contributed by atoms with Gasteiger partial charge in [0.05, 0.1) is 11.0 Å². The number of amides is 1. The van der Waals surface area contributed by atoms with Gasteiger partial charge in [-0.05, 0) is 31.1 Å². The Morgan fingerprint density at radius 2 is 2.35 bits per heavy atom. The van der Waals surface area contributed by atoms with Gasteiger partial charge in [-0.25, -0.2) is 4.79 Å². The number of nitrogens with zero attached hydrogens (tertiary/aromatic N) is 1. The van der Waals surface area contributed by atoms with Crippen LogP contribution in [0.15, 0.2) is 18.2 Å². The lowest BCUT2D eigenvalue weighted by Crippen LogP contribution is -2.33. The van der Waals surface area contributed by atoms with Crippen molar-refractivity contribution in [1.29, 1.82) is 0 Å². The topological polar surface area (TPSA) is 66.8 Å². The van der Waals surface area contributed by atoms with Gasteiger partial charge >= 0.3 is 5.97 Å². The van der Waals surface area contributed by atoms with E-state index in [1.165, 1.54) is 17.4 Å². The molecule has 1 N–H and O–H groups in total. The van der Waals surface area contributed by atoms with Crippen LogP contribution >= 0.6 is 11.3 Å². The molecule has 0 radical (unpaired) electrons. The van der Waals surface area contributed by atoms with Crippen LogP contribution in [-0.2, 0) is 9.53 Å². The molecule has 6 heteroatoms. The number of hydrogen-bond acceptors (Lipinski definition) is 4. The molecule has 1 aromatic rings. The number of ether oxygens (including phenoxy) is 1. The summed E-state index contributed by atoms with van der Waals surface area (Å²) in [4.78, 5) is 25.7. The lowest BCUT2D eigenvalue weighted by atomic mass is 10.2. The fourth-order valence-electron chi connectivity index (χ4n) is 2.08. The largest absolute Gasteiger partial charge is 0.478 e. The summed E-state index contributed by atoms with van der Waals surface area (Å²) in [6.45, 7) is 1.37. The number of hydrogen-bond donors (Lipinski definition) is 1. The highest BCUT2D eigenvalue weighted by Gasteiger charge is 2.21. The van der Waals surface area contributed by atoms with E-state index in [0.29, 0.717) is 11.4 Å². The number of rotatable bonds is 5. The monoisotopic (exact) mass is 295 g/mol. The Kier molecular flexibility index (Phi) is 4.92. The van der Waals surface area contributed by atoms with Crippen LogP contribution in [0, 0.1) is 0 Å². The molecule has 1 amide bonds. The van der Waals surface area contributed by atoms with Crippen molar-refractivity contribution in [3.63, 3.8) is 0 Å². The standard InChI is InChI=1S/C14H17NO4S/c1-15(9-10-3-2-8-19-10)14(18)12-6-4-11(20-12)5-7-13(16)17/h4-7,10H,2-3,8-9H2,1H3,(H,16,17). The Morgan fingerprint density at radius 1 is 1.55 bits per heavy atom. The van der Waals surface area contributed by atoms with Crippen molar-refractivity contribution in [2.75, 3.05) is 20.2 Å². The Balaban J connectivity index is 1.96. The Bertz CT molecular complexity index is 517. The summed E-state index contributed by atoms with van der Waals surface area (Å²) < 4.78 is 5.51. The molecule has 0 bridgehead atoms. The second kappa shape index (κ2) is 6.67. The van der Waals surface area contributed by atoms with E-state index >= 15 is 0 Å². The second-order valence-corrected chi connectivity index (χ2v) is 5.81. The Labute approximate surface area is 121 Å². The van der Waals surface area contributed by atoms with Crippen LogP contribution < -0.4 is 0 Å². The first-order chi connectivity index (χ1) is 9.56. The maximum atomic E-state index is 12.2. The highest BCUT2D eigenvalue weighted by Crippen LogP contribution is 2.20. The Hall–Kier alpha value is -1.66. The van der Waals surface area contributed by atoms with Gasteiger partial charge in [-0.15, -0.1) is 11.3 Å². The second-order valence-electron chi connectivity index (χ2n) is 4.69. The first-order valence-electron chi connectivity index (χ1n) is 6.44. The van der Waals surface area contributed by atoms with Crippen LogP contribution in [0.3, 0.4) is 0 Å². The van der Waals surface area contributed by atoms with Crippen LogP contribution in [0.5, 0.6) is 0 Å². The summed E-state index contributed by atoms with van der Waals surface area (Å²) >= 11 is 1.29. The molecule has 1 aromatic heterocycles. The summed E-state index contributed by atoms with van der Waals surface area (Å²) in [5.74, 6) is -1.05. The van der Waals surface area contributed by atoms with E-state index in [9.17, 15) is 9.59 Å². The maximum Gasteiger partial charge on any atom is 0.328 e. The van der Waals surface area contributed by atoms with E-state index in [4.69, 9.17) is 9.84 Å². The molecule has 1 saturated heterocycles. The molecule has 2 rings (SSSR count). The molecule has 20 heavy (non-hydrogen) atoms. The van der Waals surface area contributed by atoms with Crippen LogP contribution in [0.2, 0.25) is 0 Å². The van der Waals surface area contributed by atoms with Crippen molar-refractivity contribution in [1.82, 2.24) is 4.90 Å². The maximum absolute atomic E-state index is 12.2. The number of carbonyl (C=O) groups excluding carboxylic acids is 1. The van der Waals surface area contributed by atoms with Crippen molar-refractivity contribution < 1.29 is 19.4 Å². The van der Waals surface area contributed by atoms with Gasteiger partial charge in [0.15, 0.2) is 0 Å². The minimum Gasteiger partial charge on any atom is -0.478 e. The zero-order valence-electron chi connectivity index (χ0n) is 11.2. The van der Waals surface area contributed by atoms with E-state index in [1.54, 1.807) is 24.1 Å². The van der Waals surface area contributed by atoms with Gasteiger partial charge in [0.1, 0.15) is 0 Å². The molecule has 1 fully saturated rings. The summed E-state index contributed by atoms with van der Waals surface area (Å²) in [6, 6.07) is 3.47. The zero-order chi connectivity index (χ0) is 14.5. The predicted molar refractivity (Wildman–Crippen MR) is 76.9 cm³/mol. The van der Waals surface area contributed by atoms with Crippen molar-refractivity contribution in [3.05, 3.63) is 28.0 Å². The molecule has 0 aromatic carbocycles. The number of thiophene rings is 1. The van der Waals surface area contributed by atoms with Crippen molar-refractivity contribution in [2.24, 2.45) is 0 Å². The van der Waals surface area contributed by atoms with Gasteiger partial charge in [0.25, 0.3) is 5.91 Å². The van der Waals surface area contributed by atoms with Gasteiger partial charge in [-0.2, -0.15) is 0 Å². The molecule has 2 heterocycles. The third-order valence-corrected chi connectivity index (χ3v) is 4.11. The van der Waals surface area contributed by atoms with Crippen LogP contribution in [0.4, 0.5) is 0 Å². The van der Waals surface area contributed by atoms with Crippen LogP contribution in [0.1, 0.15) is 27.4 Å². The van der Waals surface area contributed by atoms with Crippen molar-refractivity contribution in [3.8, 4) is 0 Å². The average Bonchev–Trinajstić information content (AvgIpc) is 3.06. The summed E-state index contributed by atoms with van der Waals surface area (Å²) in [7, 11) is 1.76. The van der Waals surface area contributed by atoms with Crippen molar-refractivity contribution in [2.45, 2.75) is 18.9 Å². The van der Waals surface area contributed by atoms with Gasteiger partial charge < -0.3 is 14.7 Å². The van der Waals surface area contributed by atoms with Crippen LogP contribution in [-0.4, -0.2) is 48.2 Å². The third kappa shape index (κ3) is 3.91. The summed E-state index contributed by atoms with van der Waals surface area (Å²) in [5.41, 5.74) is 0. The first kappa shape index (κ1) is 14.7. The molecular weight excluding hydrogens is 278 g/mol. The first-order valence-corrected chi connectivity index (χ1v) is 7.26. The average molecular weight is 295 g/mol. The predicted octanol–water partition coefficient (Wildman–Crippen LogP) is 2.10. The summed E-state index contributed by atoms with van der Waals surface area (Å²) in [6.07, 6.45) is 4.74. The van der Waals surface area contributed by atoms with Crippen molar-refractivity contribution >= 4 is 29.3 Å². The molecule has 0 spiro atoms. The quantitative estimate of drug-likeness (QED) is 0.845. The van der Waals surface area contributed by atoms with Gasteiger partial charge in [-0.3, -0.25) is 4.79 Å². The minimum atomic E-state index is -0.998. The molecule has 1 aliphatic rings. The smallest absolute Gasteiger partial charge is 0.328 e. The molecule has 0 aliphatic carbocycles. The number of carboxylic acids is 1. The lowest BCUT2D eigenvalue weighted by Gasteiger charge is -2.20. The molecular formula is C14H17NO4S. The molecule has 108 valence electrons.